The summed E-state index contributed by atoms with van der Waals surface area (Å²) in [6.45, 7) is 6.97. The zero-order chi connectivity index (χ0) is 15.7. The van der Waals surface area contributed by atoms with Crippen molar-refractivity contribution in [2.75, 3.05) is 0 Å². The summed E-state index contributed by atoms with van der Waals surface area (Å²) < 4.78 is 42.3. The van der Waals surface area contributed by atoms with Crippen LogP contribution in [-0.2, 0) is 0 Å². The number of imidazole rings is 1. The van der Waals surface area contributed by atoms with Gasteiger partial charge in [0.25, 0.3) is 0 Å². The van der Waals surface area contributed by atoms with Crippen LogP contribution in [0.4, 0.5) is 18.9 Å². The smallest absolute Gasteiger partial charge is 0.406 e. The third-order valence-corrected chi connectivity index (χ3v) is 2.93. The monoisotopic (exact) mass is 303 g/mol. The Morgan fingerprint density at radius 2 is 1.95 bits per heavy atom. The molecule has 0 saturated carbocycles. The highest BCUT2D eigenvalue weighted by Crippen LogP contribution is 2.28. The molecular formula is C15H8F3N3O. The molecule has 2 heterocycles. The Hall–Kier alpha value is -3.01. The van der Waals surface area contributed by atoms with E-state index >= 15 is 0 Å². The highest BCUT2D eigenvalue weighted by atomic mass is 19.4. The van der Waals surface area contributed by atoms with Crippen molar-refractivity contribution in [3.05, 3.63) is 60.2 Å². The second kappa shape index (κ2) is 5.07. The Labute approximate surface area is 123 Å². The second-order valence-electron chi connectivity index (χ2n) is 4.47. The molecule has 0 amide bonds. The van der Waals surface area contributed by atoms with Crippen molar-refractivity contribution in [3.63, 3.8) is 0 Å². The van der Waals surface area contributed by atoms with Crippen LogP contribution in [0.1, 0.15) is 0 Å². The van der Waals surface area contributed by atoms with Crippen LogP contribution < -0.4 is 4.74 Å². The lowest BCUT2D eigenvalue weighted by atomic mass is 10.1. The number of nitrogens with zero attached hydrogens (tertiary/aromatic N) is 3. The number of aromatic nitrogens is 2. The fraction of sp³-hybridized carbons (Fsp3) is 0.0667. The maximum atomic E-state index is 12.3. The Morgan fingerprint density at radius 3 is 2.68 bits per heavy atom. The number of hydrogen-bond acceptors (Lipinski definition) is 2. The van der Waals surface area contributed by atoms with Gasteiger partial charge in [-0.15, -0.1) is 13.2 Å². The van der Waals surface area contributed by atoms with E-state index in [0.717, 1.165) is 0 Å². The maximum absolute atomic E-state index is 12.3. The first kappa shape index (κ1) is 13.9. The first-order valence-electron chi connectivity index (χ1n) is 6.17. The molecule has 4 nitrogen and oxygen atoms in total. The lowest BCUT2D eigenvalue weighted by Crippen LogP contribution is -2.17. The summed E-state index contributed by atoms with van der Waals surface area (Å²) in [5.74, 6) is -0.302. The number of alkyl halides is 3. The SMILES string of the molecule is [C-]#[N+]c1ccc2nc(-c3cccc(OC(F)(F)F)c3)cn2c1. The van der Waals surface area contributed by atoms with Crippen LogP contribution in [0, 0.1) is 6.57 Å². The zero-order valence-corrected chi connectivity index (χ0v) is 11.0. The van der Waals surface area contributed by atoms with E-state index in [1.54, 1.807) is 35.0 Å². The molecule has 0 spiro atoms. The Kier molecular flexibility index (Phi) is 3.22. The topological polar surface area (TPSA) is 30.9 Å². The number of pyridine rings is 1. The fourth-order valence-corrected chi connectivity index (χ4v) is 2.04. The molecule has 3 rings (SSSR count). The van der Waals surface area contributed by atoms with Gasteiger partial charge in [-0.05, 0) is 18.2 Å². The number of benzene rings is 1. The predicted molar refractivity (Wildman–Crippen MR) is 73.6 cm³/mol. The van der Waals surface area contributed by atoms with Gasteiger partial charge in [0.05, 0.1) is 12.3 Å². The van der Waals surface area contributed by atoms with Crippen LogP contribution in [0.3, 0.4) is 0 Å². The molecule has 0 saturated heterocycles. The number of ether oxygens (including phenoxy) is 1. The molecule has 110 valence electrons. The minimum Gasteiger partial charge on any atom is -0.406 e. The standard InChI is InChI=1S/C15H8F3N3O/c1-19-11-5-6-14-20-13(9-21(14)8-11)10-3-2-4-12(7-10)22-15(16,17)18/h2-9H. The van der Waals surface area contributed by atoms with Crippen LogP contribution in [0.5, 0.6) is 5.75 Å². The lowest BCUT2D eigenvalue weighted by molar-refractivity contribution is -0.274. The fourth-order valence-electron chi connectivity index (χ4n) is 2.04. The van der Waals surface area contributed by atoms with E-state index in [-0.39, 0.29) is 5.75 Å². The molecule has 0 aliphatic carbocycles. The highest BCUT2D eigenvalue weighted by Gasteiger charge is 2.31. The van der Waals surface area contributed by atoms with Crippen LogP contribution in [-0.4, -0.2) is 15.7 Å². The summed E-state index contributed by atoms with van der Waals surface area (Å²) in [5.41, 5.74) is 2.04. The Balaban J connectivity index is 2.00. The molecule has 7 heteroatoms. The minimum atomic E-state index is -4.73. The number of halogens is 3. The summed E-state index contributed by atoms with van der Waals surface area (Å²) in [6, 6.07) is 8.90. The molecule has 0 aliphatic rings. The number of hydrogen-bond donors (Lipinski definition) is 0. The van der Waals surface area contributed by atoms with Gasteiger partial charge >= 0.3 is 6.36 Å². The van der Waals surface area contributed by atoms with Crippen molar-refractivity contribution >= 4 is 11.3 Å². The molecule has 0 aliphatic heterocycles. The van der Waals surface area contributed by atoms with E-state index in [2.05, 4.69) is 14.6 Å². The summed E-state index contributed by atoms with van der Waals surface area (Å²) >= 11 is 0. The van der Waals surface area contributed by atoms with E-state index in [4.69, 9.17) is 6.57 Å². The normalized spacial score (nSPS) is 11.4. The average molecular weight is 303 g/mol. The predicted octanol–water partition coefficient (Wildman–Crippen LogP) is 4.45. The van der Waals surface area contributed by atoms with Crippen LogP contribution >= 0.6 is 0 Å². The van der Waals surface area contributed by atoms with Crippen molar-refractivity contribution in [2.24, 2.45) is 0 Å². The molecule has 3 aromatic rings. The molecule has 0 bridgehead atoms. The first-order chi connectivity index (χ1) is 10.4. The third kappa shape index (κ3) is 2.86. The van der Waals surface area contributed by atoms with Crippen molar-refractivity contribution < 1.29 is 17.9 Å². The van der Waals surface area contributed by atoms with Crippen LogP contribution in [0.25, 0.3) is 21.7 Å². The zero-order valence-electron chi connectivity index (χ0n) is 11.0. The first-order valence-corrected chi connectivity index (χ1v) is 6.17. The minimum absolute atomic E-state index is 0.302. The average Bonchev–Trinajstić information content (AvgIpc) is 2.88. The number of fused-ring (bicyclic) bond motifs is 1. The molecule has 0 unspecified atom stereocenters. The Morgan fingerprint density at radius 1 is 1.14 bits per heavy atom. The van der Waals surface area contributed by atoms with Gasteiger partial charge in [-0.1, -0.05) is 18.2 Å². The highest BCUT2D eigenvalue weighted by molar-refractivity contribution is 5.65. The van der Waals surface area contributed by atoms with Gasteiger partial charge in [-0.25, -0.2) is 9.83 Å². The van der Waals surface area contributed by atoms with Gasteiger partial charge in [0.15, 0.2) is 0 Å². The molecule has 0 atom stereocenters. The van der Waals surface area contributed by atoms with E-state index in [9.17, 15) is 13.2 Å². The van der Waals surface area contributed by atoms with E-state index in [1.165, 1.54) is 18.2 Å². The Bertz CT molecular complexity index is 878. The second-order valence-corrected chi connectivity index (χ2v) is 4.47. The lowest BCUT2D eigenvalue weighted by Gasteiger charge is -2.09. The summed E-state index contributed by atoms with van der Waals surface area (Å²) in [4.78, 5) is 7.63. The quantitative estimate of drug-likeness (QED) is 0.655. The van der Waals surface area contributed by atoms with Gasteiger partial charge in [0.1, 0.15) is 11.4 Å². The molecule has 0 N–H and O–H groups in total. The van der Waals surface area contributed by atoms with E-state index in [0.29, 0.717) is 22.6 Å². The van der Waals surface area contributed by atoms with Crippen LogP contribution in [0.2, 0.25) is 0 Å². The molecular weight excluding hydrogens is 295 g/mol. The third-order valence-electron chi connectivity index (χ3n) is 2.93. The molecule has 2 aromatic heterocycles. The van der Waals surface area contributed by atoms with Gasteiger partial charge in [0, 0.05) is 18.0 Å². The van der Waals surface area contributed by atoms with Crippen LogP contribution in [0.15, 0.2) is 48.8 Å². The maximum Gasteiger partial charge on any atom is 0.573 e. The van der Waals surface area contributed by atoms with Crippen molar-refractivity contribution in [1.82, 2.24) is 9.38 Å². The van der Waals surface area contributed by atoms with E-state index in [1.807, 2.05) is 0 Å². The molecule has 22 heavy (non-hydrogen) atoms. The van der Waals surface area contributed by atoms with E-state index < -0.39 is 6.36 Å². The van der Waals surface area contributed by atoms with Crippen molar-refractivity contribution in [2.45, 2.75) is 6.36 Å². The summed E-state index contributed by atoms with van der Waals surface area (Å²) in [7, 11) is 0. The van der Waals surface area contributed by atoms with Crippen molar-refractivity contribution in [1.29, 1.82) is 0 Å². The molecule has 1 aromatic carbocycles. The van der Waals surface area contributed by atoms with Gasteiger partial charge in [-0.3, -0.25) is 0 Å². The largest absolute Gasteiger partial charge is 0.573 e. The summed E-state index contributed by atoms with van der Waals surface area (Å²) in [6.07, 6.45) is -1.48. The number of rotatable bonds is 2. The molecule has 0 radical (unpaired) electrons. The summed E-state index contributed by atoms with van der Waals surface area (Å²) in [5, 5.41) is 0. The van der Waals surface area contributed by atoms with Gasteiger partial charge in [0.2, 0.25) is 5.69 Å². The van der Waals surface area contributed by atoms with Gasteiger partial charge in [-0.2, -0.15) is 0 Å². The van der Waals surface area contributed by atoms with Crippen molar-refractivity contribution in [3.8, 4) is 17.0 Å². The molecule has 0 fully saturated rings. The van der Waals surface area contributed by atoms with Gasteiger partial charge < -0.3 is 9.14 Å².